The van der Waals surface area contributed by atoms with Crippen molar-refractivity contribution in [2.24, 2.45) is 5.92 Å². The number of aryl methyl sites for hydroxylation is 1. The van der Waals surface area contributed by atoms with Crippen molar-refractivity contribution in [3.63, 3.8) is 0 Å². The molecule has 6 heteroatoms. The average molecular weight is 437 g/mol. The first kappa shape index (κ1) is 21.5. The Kier molecular flexibility index (Phi) is 6.12. The highest BCUT2D eigenvalue weighted by molar-refractivity contribution is 7.89. The Morgan fingerprint density at radius 1 is 0.968 bits per heavy atom. The highest BCUT2D eigenvalue weighted by Crippen LogP contribution is 2.26. The fourth-order valence-electron chi connectivity index (χ4n) is 4.11. The van der Waals surface area contributed by atoms with Gasteiger partial charge in [-0.1, -0.05) is 54.1 Å². The zero-order valence-electron chi connectivity index (χ0n) is 17.9. The van der Waals surface area contributed by atoms with Crippen LogP contribution >= 0.6 is 0 Å². The Morgan fingerprint density at radius 3 is 2.29 bits per heavy atom. The Balaban J connectivity index is 1.37. The van der Waals surface area contributed by atoms with E-state index in [1.165, 1.54) is 9.69 Å². The predicted octanol–water partition coefficient (Wildman–Crippen LogP) is 4.43. The fourth-order valence-corrected chi connectivity index (χ4v) is 5.58. The molecule has 1 aliphatic rings. The third-order valence-electron chi connectivity index (χ3n) is 6.12. The first-order chi connectivity index (χ1) is 14.8. The van der Waals surface area contributed by atoms with Crippen LogP contribution in [-0.2, 0) is 14.8 Å². The van der Waals surface area contributed by atoms with E-state index in [0.29, 0.717) is 30.8 Å². The van der Waals surface area contributed by atoms with Crippen molar-refractivity contribution in [3.05, 3.63) is 77.9 Å². The molecule has 1 heterocycles. The lowest BCUT2D eigenvalue weighted by Crippen LogP contribution is -2.43. The molecule has 1 fully saturated rings. The Morgan fingerprint density at radius 2 is 1.61 bits per heavy atom. The smallest absolute Gasteiger partial charge is 0.243 e. The summed E-state index contributed by atoms with van der Waals surface area (Å²) in [5.41, 5.74) is 2.08. The molecule has 0 aliphatic carbocycles. The van der Waals surface area contributed by atoms with Gasteiger partial charge in [0.25, 0.3) is 0 Å². The summed E-state index contributed by atoms with van der Waals surface area (Å²) in [5.74, 6) is -0.180. The summed E-state index contributed by atoms with van der Waals surface area (Å²) in [6.45, 7) is 4.63. The van der Waals surface area contributed by atoms with Gasteiger partial charge < -0.3 is 5.32 Å². The van der Waals surface area contributed by atoms with Gasteiger partial charge >= 0.3 is 0 Å². The maximum atomic E-state index is 12.9. The molecule has 1 aliphatic heterocycles. The van der Waals surface area contributed by atoms with E-state index in [1.54, 1.807) is 24.3 Å². The van der Waals surface area contributed by atoms with E-state index in [4.69, 9.17) is 0 Å². The van der Waals surface area contributed by atoms with Crippen molar-refractivity contribution in [2.75, 3.05) is 13.1 Å². The largest absolute Gasteiger partial charge is 0.349 e. The highest BCUT2D eigenvalue weighted by Gasteiger charge is 2.32. The number of hydrogen-bond donors (Lipinski definition) is 1. The predicted molar refractivity (Wildman–Crippen MR) is 123 cm³/mol. The van der Waals surface area contributed by atoms with Gasteiger partial charge in [-0.3, -0.25) is 4.79 Å². The summed E-state index contributed by atoms with van der Waals surface area (Å²) in [6, 6.07) is 21.2. The van der Waals surface area contributed by atoms with Gasteiger partial charge in [0, 0.05) is 19.0 Å². The van der Waals surface area contributed by atoms with E-state index >= 15 is 0 Å². The normalized spacial score (nSPS) is 16.8. The maximum Gasteiger partial charge on any atom is 0.243 e. The zero-order valence-corrected chi connectivity index (χ0v) is 18.7. The lowest BCUT2D eigenvalue weighted by atomic mass is 9.96. The van der Waals surface area contributed by atoms with Crippen LogP contribution in [0.3, 0.4) is 0 Å². The first-order valence-electron chi connectivity index (χ1n) is 10.7. The SMILES string of the molecule is Cc1ccc(S(=O)(=O)N2CCC(C(=O)N[C@H](C)c3ccc4ccccc4c3)CC2)cc1. The quantitative estimate of drug-likeness (QED) is 0.644. The minimum Gasteiger partial charge on any atom is -0.349 e. The molecule has 0 aromatic heterocycles. The number of hydrogen-bond acceptors (Lipinski definition) is 3. The molecule has 5 nitrogen and oxygen atoms in total. The Bertz CT molecular complexity index is 1180. The highest BCUT2D eigenvalue weighted by atomic mass is 32.2. The van der Waals surface area contributed by atoms with Crippen LogP contribution in [0, 0.1) is 12.8 Å². The van der Waals surface area contributed by atoms with Crippen LogP contribution in [0.25, 0.3) is 10.8 Å². The second kappa shape index (κ2) is 8.81. The minimum absolute atomic E-state index is 0.00644. The molecule has 0 bridgehead atoms. The molecule has 0 unspecified atom stereocenters. The Labute approximate surface area is 184 Å². The standard InChI is InChI=1S/C25H28N2O3S/c1-18-7-11-24(12-8-18)31(29,30)27-15-13-21(14-16-27)25(28)26-19(2)22-10-9-20-5-3-4-6-23(20)17-22/h3-12,17,19,21H,13-16H2,1-2H3,(H,26,28)/t19-/m1/s1. The van der Waals surface area contributed by atoms with Gasteiger partial charge in [-0.2, -0.15) is 4.31 Å². The molecule has 0 saturated carbocycles. The van der Waals surface area contributed by atoms with Crippen LogP contribution in [0.2, 0.25) is 0 Å². The van der Waals surface area contributed by atoms with Gasteiger partial charge in [0.1, 0.15) is 0 Å². The van der Waals surface area contributed by atoms with E-state index in [2.05, 4.69) is 29.6 Å². The summed E-state index contributed by atoms with van der Waals surface area (Å²) < 4.78 is 27.2. The third kappa shape index (κ3) is 4.65. The van der Waals surface area contributed by atoms with Gasteiger partial charge in [-0.25, -0.2) is 8.42 Å². The molecular weight excluding hydrogens is 408 g/mol. The molecule has 1 N–H and O–H groups in total. The van der Waals surface area contributed by atoms with Crippen molar-refractivity contribution < 1.29 is 13.2 Å². The molecule has 3 aromatic rings. The summed E-state index contributed by atoms with van der Waals surface area (Å²) in [5, 5.41) is 5.44. The average Bonchev–Trinajstić information content (AvgIpc) is 2.79. The molecule has 3 aromatic carbocycles. The van der Waals surface area contributed by atoms with Gasteiger partial charge in [0.15, 0.2) is 0 Å². The number of amides is 1. The maximum absolute atomic E-state index is 12.9. The Hall–Kier alpha value is -2.70. The molecule has 1 atom stereocenters. The van der Waals surface area contributed by atoms with Gasteiger partial charge in [0.2, 0.25) is 15.9 Å². The van der Waals surface area contributed by atoms with Crippen LogP contribution in [0.15, 0.2) is 71.6 Å². The second-order valence-corrected chi connectivity index (χ2v) is 10.3. The summed E-state index contributed by atoms with van der Waals surface area (Å²) >= 11 is 0. The van der Waals surface area contributed by atoms with E-state index in [1.807, 2.05) is 32.0 Å². The van der Waals surface area contributed by atoms with Crippen molar-refractivity contribution in [1.82, 2.24) is 9.62 Å². The molecule has 4 rings (SSSR count). The molecule has 1 amide bonds. The molecule has 0 spiro atoms. The summed E-state index contributed by atoms with van der Waals surface area (Å²) in [7, 11) is -3.51. The van der Waals surface area contributed by atoms with Gasteiger partial charge in [-0.15, -0.1) is 0 Å². The topological polar surface area (TPSA) is 66.5 Å². The molecule has 31 heavy (non-hydrogen) atoms. The molecule has 1 saturated heterocycles. The number of sulfonamides is 1. The summed E-state index contributed by atoms with van der Waals surface area (Å²) in [6.07, 6.45) is 1.06. The fraction of sp³-hybridized carbons (Fsp3) is 0.320. The van der Waals surface area contributed by atoms with Crippen molar-refractivity contribution >= 4 is 26.7 Å². The third-order valence-corrected chi connectivity index (χ3v) is 8.03. The number of fused-ring (bicyclic) bond motifs is 1. The van der Waals surface area contributed by atoms with Crippen LogP contribution in [-0.4, -0.2) is 31.7 Å². The zero-order chi connectivity index (χ0) is 22.0. The van der Waals surface area contributed by atoms with Crippen LogP contribution < -0.4 is 5.32 Å². The van der Waals surface area contributed by atoms with Crippen molar-refractivity contribution in [3.8, 4) is 0 Å². The summed E-state index contributed by atoms with van der Waals surface area (Å²) in [4.78, 5) is 13.1. The van der Waals surface area contributed by atoms with E-state index in [9.17, 15) is 13.2 Å². The lowest BCUT2D eigenvalue weighted by Gasteiger charge is -2.31. The molecule has 0 radical (unpaired) electrons. The van der Waals surface area contributed by atoms with Crippen LogP contribution in [0.4, 0.5) is 0 Å². The number of nitrogens with zero attached hydrogens (tertiary/aromatic N) is 1. The number of carbonyl (C=O) groups excluding carboxylic acids is 1. The number of rotatable bonds is 5. The second-order valence-electron chi connectivity index (χ2n) is 8.33. The first-order valence-corrected chi connectivity index (χ1v) is 12.1. The van der Waals surface area contributed by atoms with E-state index in [-0.39, 0.29) is 17.9 Å². The van der Waals surface area contributed by atoms with Crippen molar-refractivity contribution in [2.45, 2.75) is 37.6 Å². The van der Waals surface area contributed by atoms with Gasteiger partial charge in [0.05, 0.1) is 10.9 Å². The van der Waals surface area contributed by atoms with Gasteiger partial charge in [-0.05, 0) is 61.2 Å². The molecular formula is C25H28N2O3S. The van der Waals surface area contributed by atoms with E-state index in [0.717, 1.165) is 16.5 Å². The monoisotopic (exact) mass is 436 g/mol. The number of piperidine rings is 1. The van der Waals surface area contributed by atoms with E-state index < -0.39 is 10.0 Å². The van der Waals surface area contributed by atoms with Crippen LogP contribution in [0.5, 0.6) is 0 Å². The number of benzene rings is 3. The lowest BCUT2D eigenvalue weighted by molar-refractivity contribution is -0.126. The minimum atomic E-state index is -3.51. The van der Waals surface area contributed by atoms with Crippen LogP contribution in [0.1, 0.15) is 36.9 Å². The number of nitrogens with one attached hydrogen (secondary N) is 1. The number of carbonyl (C=O) groups is 1. The molecule has 162 valence electrons. The van der Waals surface area contributed by atoms with Crippen molar-refractivity contribution in [1.29, 1.82) is 0 Å².